The van der Waals surface area contributed by atoms with Crippen molar-refractivity contribution in [2.24, 2.45) is 11.7 Å². The van der Waals surface area contributed by atoms with Crippen LogP contribution in [0.5, 0.6) is 0 Å². The van der Waals surface area contributed by atoms with Gasteiger partial charge in [0.2, 0.25) is 15.9 Å². The molecule has 1 aromatic carbocycles. The highest BCUT2D eigenvalue weighted by Crippen LogP contribution is 2.16. The number of hydrogen-bond acceptors (Lipinski definition) is 4. The molecule has 0 aliphatic carbocycles. The van der Waals surface area contributed by atoms with E-state index in [9.17, 15) is 13.2 Å². The third kappa shape index (κ3) is 5.30. The number of aryl methyl sites for hydroxylation is 1. The van der Waals surface area contributed by atoms with Crippen molar-refractivity contribution in [3.8, 4) is 0 Å². The van der Waals surface area contributed by atoms with E-state index < -0.39 is 15.6 Å². The van der Waals surface area contributed by atoms with E-state index >= 15 is 0 Å². The minimum absolute atomic E-state index is 0.0569. The first-order valence-corrected chi connectivity index (χ1v) is 9.16. The fraction of sp³-hybridized carbons (Fsp3) is 0.562. The lowest BCUT2D eigenvalue weighted by atomic mass is 9.88. The molecule has 130 valence electrons. The molecule has 0 heterocycles. The third-order valence-corrected chi connectivity index (χ3v) is 5.70. The first kappa shape index (κ1) is 19.6. The highest BCUT2D eigenvalue weighted by atomic mass is 32.2. The van der Waals surface area contributed by atoms with Crippen LogP contribution in [-0.2, 0) is 21.2 Å². The van der Waals surface area contributed by atoms with Gasteiger partial charge < -0.3 is 11.1 Å². The average Bonchev–Trinajstić information content (AvgIpc) is 2.53. The molecule has 1 amide bonds. The fourth-order valence-corrected chi connectivity index (χ4v) is 2.75. The second kappa shape index (κ2) is 7.90. The van der Waals surface area contributed by atoms with Gasteiger partial charge in [-0.05, 0) is 44.0 Å². The second-order valence-electron chi connectivity index (χ2n) is 6.18. The molecule has 0 aliphatic rings. The molecule has 6 nitrogen and oxygen atoms in total. The van der Waals surface area contributed by atoms with Gasteiger partial charge in [-0.15, -0.1) is 0 Å². The van der Waals surface area contributed by atoms with Crippen molar-refractivity contribution in [3.63, 3.8) is 0 Å². The quantitative estimate of drug-likeness (QED) is 0.657. The lowest BCUT2D eigenvalue weighted by molar-refractivity contribution is -0.123. The molecule has 1 rings (SSSR count). The monoisotopic (exact) mass is 341 g/mol. The normalized spacial score (nSPS) is 14.5. The zero-order chi connectivity index (χ0) is 17.7. The standard InChI is InChI=1S/C16H27N3O3S/c1-12(2)16(3,11-17)19-15(20)10-7-13-5-8-14(9-6-13)23(21,22)18-4/h5-6,8-9,12,18H,7,10-11,17H2,1-4H3,(H,19,20). The lowest BCUT2D eigenvalue weighted by Crippen LogP contribution is -2.55. The van der Waals surface area contributed by atoms with E-state index in [-0.39, 0.29) is 16.7 Å². The van der Waals surface area contributed by atoms with Crippen LogP contribution < -0.4 is 15.8 Å². The number of amides is 1. The highest BCUT2D eigenvalue weighted by Gasteiger charge is 2.28. The van der Waals surface area contributed by atoms with Crippen molar-refractivity contribution in [1.82, 2.24) is 10.0 Å². The number of carbonyl (C=O) groups excluding carboxylic acids is 1. The number of sulfonamides is 1. The molecular formula is C16H27N3O3S. The van der Waals surface area contributed by atoms with Crippen LogP contribution in [0.3, 0.4) is 0 Å². The minimum Gasteiger partial charge on any atom is -0.349 e. The Kier molecular flexibility index (Phi) is 6.73. The van der Waals surface area contributed by atoms with E-state index in [2.05, 4.69) is 10.0 Å². The summed E-state index contributed by atoms with van der Waals surface area (Å²) in [7, 11) is -2.05. The summed E-state index contributed by atoms with van der Waals surface area (Å²) in [6.07, 6.45) is 0.880. The number of carbonyl (C=O) groups is 1. The molecule has 7 heteroatoms. The van der Waals surface area contributed by atoms with Gasteiger partial charge in [0, 0.05) is 13.0 Å². The summed E-state index contributed by atoms with van der Waals surface area (Å²) in [5.41, 5.74) is 6.25. The average molecular weight is 341 g/mol. The van der Waals surface area contributed by atoms with Gasteiger partial charge >= 0.3 is 0 Å². The van der Waals surface area contributed by atoms with Gasteiger partial charge in [-0.1, -0.05) is 26.0 Å². The molecule has 0 bridgehead atoms. The van der Waals surface area contributed by atoms with Crippen LogP contribution >= 0.6 is 0 Å². The predicted octanol–water partition coefficient (Wildman–Crippen LogP) is 1.02. The Bertz CT molecular complexity index is 626. The lowest BCUT2D eigenvalue weighted by Gasteiger charge is -2.33. The summed E-state index contributed by atoms with van der Waals surface area (Å²) in [4.78, 5) is 12.3. The number of benzene rings is 1. The minimum atomic E-state index is -3.43. The molecule has 0 radical (unpaired) electrons. The van der Waals surface area contributed by atoms with Crippen molar-refractivity contribution >= 4 is 15.9 Å². The fourth-order valence-electron chi connectivity index (χ4n) is 2.02. The van der Waals surface area contributed by atoms with Gasteiger partial charge in [-0.3, -0.25) is 4.79 Å². The van der Waals surface area contributed by atoms with Gasteiger partial charge in [-0.25, -0.2) is 13.1 Å². The summed E-state index contributed by atoms with van der Waals surface area (Å²) in [5, 5.41) is 2.99. The Hall–Kier alpha value is -1.44. The van der Waals surface area contributed by atoms with Crippen LogP contribution in [0.1, 0.15) is 32.8 Å². The van der Waals surface area contributed by atoms with Crippen LogP contribution in [0.25, 0.3) is 0 Å². The van der Waals surface area contributed by atoms with Crippen LogP contribution in [0.4, 0.5) is 0 Å². The van der Waals surface area contributed by atoms with Gasteiger partial charge in [-0.2, -0.15) is 0 Å². The number of hydrogen-bond donors (Lipinski definition) is 3. The molecule has 0 saturated carbocycles. The molecule has 0 fully saturated rings. The summed E-state index contributed by atoms with van der Waals surface area (Å²) in [5.74, 6) is 0.182. The topological polar surface area (TPSA) is 101 Å². The summed E-state index contributed by atoms with van der Waals surface area (Å²) in [6, 6.07) is 6.53. The van der Waals surface area contributed by atoms with E-state index in [1.54, 1.807) is 12.1 Å². The van der Waals surface area contributed by atoms with Crippen molar-refractivity contribution < 1.29 is 13.2 Å². The molecule has 1 atom stereocenters. The molecular weight excluding hydrogens is 314 g/mol. The zero-order valence-corrected chi connectivity index (χ0v) is 15.0. The Morgan fingerprint density at radius 1 is 1.26 bits per heavy atom. The summed E-state index contributed by atoms with van der Waals surface area (Å²) in [6.45, 7) is 6.36. The maximum absolute atomic E-state index is 12.1. The zero-order valence-electron chi connectivity index (χ0n) is 14.2. The Labute approximate surface area is 138 Å². The molecule has 0 spiro atoms. The van der Waals surface area contributed by atoms with E-state index in [1.165, 1.54) is 19.2 Å². The Morgan fingerprint density at radius 2 is 1.83 bits per heavy atom. The predicted molar refractivity (Wildman–Crippen MR) is 91.4 cm³/mol. The smallest absolute Gasteiger partial charge is 0.240 e. The number of nitrogens with two attached hydrogens (primary N) is 1. The molecule has 0 aliphatic heterocycles. The number of rotatable bonds is 8. The van der Waals surface area contributed by atoms with E-state index in [1.807, 2.05) is 20.8 Å². The van der Waals surface area contributed by atoms with Gasteiger partial charge in [0.25, 0.3) is 0 Å². The first-order chi connectivity index (χ1) is 10.6. The number of nitrogens with one attached hydrogen (secondary N) is 2. The van der Waals surface area contributed by atoms with Crippen molar-refractivity contribution in [2.75, 3.05) is 13.6 Å². The molecule has 0 saturated heterocycles. The van der Waals surface area contributed by atoms with Gasteiger partial charge in [0.15, 0.2) is 0 Å². The first-order valence-electron chi connectivity index (χ1n) is 7.68. The van der Waals surface area contributed by atoms with Crippen molar-refractivity contribution in [1.29, 1.82) is 0 Å². The third-order valence-electron chi connectivity index (χ3n) is 4.27. The molecule has 0 aromatic heterocycles. The Morgan fingerprint density at radius 3 is 2.26 bits per heavy atom. The van der Waals surface area contributed by atoms with Crippen LogP contribution in [0.2, 0.25) is 0 Å². The maximum Gasteiger partial charge on any atom is 0.240 e. The summed E-state index contributed by atoms with van der Waals surface area (Å²) < 4.78 is 25.6. The maximum atomic E-state index is 12.1. The van der Waals surface area contributed by atoms with E-state index in [4.69, 9.17) is 5.73 Å². The molecule has 23 heavy (non-hydrogen) atoms. The molecule has 1 aromatic rings. The largest absolute Gasteiger partial charge is 0.349 e. The second-order valence-corrected chi connectivity index (χ2v) is 8.06. The molecule has 4 N–H and O–H groups in total. The van der Waals surface area contributed by atoms with E-state index in [0.29, 0.717) is 19.4 Å². The molecule has 1 unspecified atom stereocenters. The van der Waals surface area contributed by atoms with Crippen molar-refractivity contribution in [2.45, 2.75) is 44.0 Å². The van der Waals surface area contributed by atoms with Crippen molar-refractivity contribution in [3.05, 3.63) is 29.8 Å². The summed E-state index contributed by atoms with van der Waals surface area (Å²) >= 11 is 0. The van der Waals surface area contributed by atoms with Gasteiger partial charge in [0.05, 0.1) is 10.4 Å². The van der Waals surface area contributed by atoms with Crippen LogP contribution in [0, 0.1) is 5.92 Å². The highest BCUT2D eigenvalue weighted by molar-refractivity contribution is 7.89. The van der Waals surface area contributed by atoms with Crippen LogP contribution in [-0.4, -0.2) is 33.5 Å². The van der Waals surface area contributed by atoms with Crippen LogP contribution in [0.15, 0.2) is 29.2 Å². The van der Waals surface area contributed by atoms with E-state index in [0.717, 1.165) is 5.56 Å². The SMILES string of the molecule is CNS(=O)(=O)c1ccc(CCC(=O)NC(C)(CN)C(C)C)cc1. The Balaban J connectivity index is 2.64. The van der Waals surface area contributed by atoms with Gasteiger partial charge in [0.1, 0.15) is 0 Å².